The molecule has 1 unspecified atom stereocenters. The first kappa shape index (κ1) is 15.6. The molecule has 5 heteroatoms. The zero-order valence-corrected chi connectivity index (χ0v) is 15.3. The number of aromatic nitrogens is 2. The van der Waals surface area contributed by atoms with Crippen LogP contribution in [0.1, 0.15) is 33.4 Å². The fourth-order valence-corrected chi connectivity index (χ4v) is 3.77. The average Bonchev–Trinajstić information content (AvgIpc) is 2.76. The fraction of sp³-hybridized carbons (Fsp3) is 0.412. The Morgan fingerprint density at radius 2 is 1.86 bits per heavy atom. The van der Waals surface area contributed by atoms with Crippen LogP contribution >= 0.6 is 22.6 Å². The third kappa shape index (κ3) is 2.71. The highest BCUT2D eigenvalue weighted by Gasteiger charge is 2.31. The normalized spacial score (nSPS) is 18.1. The predicted octanol–water partition coefficient (Wildman–Crippen LogP) is 4.53. The van der Waals surface area contributed by atoms with Crippen molar-refractivity contribution in [3.63, 3.8) is 0 Å². The first-order valence-electron chi connectivity index (χ1n) is 7.34. The van der Waals surface area contributed by atoms with Crippen molar-refractivity contribution in [3.05, 3.63) is 39.3 Å². The highest BCUT2D eigenvalue weighted by atomic mass is 127. The topological polar surface area (TPSA) is 30.2 Å². The molecular weight excluding hydrogens is 392 g/mol. The molecule has 1 aromatic heterocycles. The van der Waals surface area contributed by atoms with E-state index in [-0.39, 0.29) is 17.3 Å². The first-order chi connectivity index (χ1) is 10.3. The van der Waals surface area contributed by atoms with Gasteiger partial charge in [0.15, 0.2) is 0 Å². The second kappa shape index (κ2) is 5.44. The van der Waals surface area contributed by atoms with Crippen molar-refractivity contribution in [2.75, 3.05) is 0 Å². The van der Waals surface area contributed by atoms with E-state index in [4.69, 9.17) is 10.1 Å². The second-order valence-corrected chi connectivity index (χ2v) is 7.88. The molecule has 3 rings (SSSR count). The Balaban J connectivity index is 2.07. The number of aliphatic imine (C=N–C) groups is 1. The van der Waals surface area contributed by atoms with Gasteiger partial charge in [-0.25, -0.2) is 4.39 Å². The summed E-state index contributed by atoms with van der Waals surface area (Å²) in [6.45, 7) is 9.44. The van der Waals surface area contributed by atoms with Crippen LogP contribution in [0, 0.1) is 14.8 Å². The van der Waals surface area contributed by atoms with Gasteiger partial charge in [0.25, 0.3) is 0 Å². The molecule has 0 saturated heterocycles. The molecule has 22 heavy (non-hydrogen) atoms. The van der Waals surface area contributed by atoms with Crippen LogP contribution in [0.3, 0.4) is 0 Å². The van der Waals surface area contributed by atoms with Crippen molar-refractivity contribution < 1.29 is 4.39 Å². The summed E-state index contributed by atoms with van der Waals surface area (Å²) in [5.74, 6) is -0.228. The molecule has 0 amide bonds. The number of benzene rings is 1. The minimum atomic E-state index is -0.228. The quantitative estimate of drug-likeness (QED) is 0.635. The van der Waals surface area contributed by atoms with E-state index >= 15 is 0 Å². The number of hydrogen-bond donors (Lipinski definition) is 0. The molecule has 1 aromatic carbocycles. The number of fused-ring (bicyclic) bond motifs is 1. The van der Waals surface area contributed by atoms with E-state index in [1.807, 2.05) is 6.92 Å². The molecule has 2 aromatic rings. The van der Waals surface area contributed by atoms with Gasteiger partial charge >= 0.3 is 0 Å². The van der Waals surface area contributed by atoms with E-state index in [0.717, 1.165) is 32.8 Å². The van der Waals surface area contributed by atoms with Crippen LogP contribution in [-0.4, -0.2) is 21.5 Å². The van der Waals surface area contributed by atoms with Crippen LogP contribution in [0.4, 0.5) is 4.39 Å². The molecular formula is C17H19FIN3. The molecule has 0 N–H and O–H groups in total. The second-order valence-electron chi connectivity index (χ2n) is 6.80. The smallest absolute Gasteiger partial charge is 0.123 e. The molecule has 0 saturated carbocycles. The van der Waals surface area contributed by atoms with Crippen LogP contribution in [-0.2, 0) is 6.54 Å². The molecule has 0 radical (unpaired) electrons. The Morgan fingerprint density at radius 1 is 1.23 bits per heavy atom. The summed E-state index contributed by atoms with van der Waals surface area (Å²) in [6.07, 6.45) is 0. The molecule has 0 spiro atoms. The number of hydrogen-bond acceptors (Lipinski definition) is 2. The monoisotopic (exact) mass is 411 g/mol. The molecule has 1 aliphatic rings. The zero-order chi connectivity index (χ0) is 16.1. The van der Waals surface area contributed by atoms with Crippen molar-refractivity contribution in [1.82, 2.24) is 9.78 Å². The molecule has 0 aliphatic carbocycles. The van der Waals surface area contributed by atoms with E-state index in [0.29, 0.717) is 0 Å². The number of nitrogens with zero attached hydrogens (tertiary/aromatic N) is 3. The Morgan fingerprint density at radius 3 is 2.45 bits per heavy atom. The SMILES string of the molecule is CC1=NC(C(C)(C)C)Cn2nc(-c3ccc(F)cc3)c(I)c21. The molecule has 3 nitrogen and oxygen atoms in total. The Hall–Kier alpha value is -1.24. The van der Waals surface area contributed by atoms with E-state index in [2.05, 4.69) is 48.0 Å². The van der Waals surface area contributed by atoms with Gasteiger partial charge in [-0.1, -0.05) is 20.8 Å². The average molecular weight is 411 g/mol. The third-order valence-corrected chi connectivity index (χ3v) is 5.07. The minimum Gasteiger partial charge on any atom is -0.282 e. The standard InChI is InChI=1S/C17H19FIN3/c1-10-16-14(19)15(11-5-7-12(18)8-6-11)21-22(16)9-13(20-10)17(2,3)4/h5-8,13H,9H2,1-4H3. The lowest BCUT2D eigenvalue weighted by Crippen LogP contribution is -2.35. The highest BCUT2D eigenvalue weighted by molar-refractivity contribution is 14.1. The summed E-state index contributed by atoms with van der Waals surface area (Å²) >= 11 is 2.32. The lowest BCUT2D eigenvalue weighted by molar-refractivity contribution is 0.280. The van der Waals surface area contributed by atoms with Gasteiger partial charge in [0.2, 0.25) is 0 Å². The van der Waals surface area contributed by atoms with Crippen LogP contribution in [0.25, 0.3) is 11.3 Å². The van der Waals surface area contributed by atoms with Gasteiger partial charge in [-0.15, -0.1) is 0 Å². The number of rotatable bonds is 1. The van der Waals surface area contributed by atoms with Crippen molar-refractivity contribution >= 4 is 28.3 Å². The zero-order valence-electron chi connectivity index (χ0n) is 13.2. The maximum atomic E-state index is 13.1. The molecule has 116 valence electrons. The highest BCUT2D eigenvalue weighted by Crippen LogP contribution is 2.33. The Labute approximate surface area is 143 Å². The molecule has 0 fully saturated rings. The van der Waals surface area contributed by atoms with Crippen LogP contribution in [0.15, 0.2) is 29.3 Å². The first-order valence-corrected chi connectivity index (χ1v) is 8.42. The Bertz CT molecular complexity index is 738. The van der Waals surface area contributed by atoms with Gasteiger partial charge in [-0.05, 0) is 59.2 Å². The summed E-state index contributed by atoms with van der Waals surface area (Å²) < 4.78 is 16.3. The van der Waals surface area contributed by atoms with Crippen molar-refractivity contribution in [2.45, 2.75) is 40.3 Å². The summed E-state index contributed by atoms with van der Waals surface area (Å²) in [7, 11) is 0. The van der Waals surface area contributed by atoms with Crippen molar-refractivity contribution in [3.8, 4) is 11.3 Å². The molecule has 0 bridgehead atoms. The van der Waals surface area contributed by atoms with Gasteiger partial charge in [-0.3, -0.25) is 9.67 Å². The van der Waals surface area contributed by atoms with Crippen molar-refractivity contribution in [1.29, 1.82) is 0 Å². The van der Waals surface area contributed by atoms with Crippen LogP contribution < -0.4 is 0 Å². The maximum Gasteiger partial charge on any atom is 0.123 e. The predicted molar refractivity (Wildman–Crippen MR) is 95.8 cm³/mol. The van der Waals surface area contributed by atoms with Crippen LogP contribution in [0.5, 0.6) is 0 Å². The summed E-state index contributed by atoms with van der Waals surface area (Å²) in [6, 6.07) is 6.72. The Kier molecular flexibility index (Phi) is 3.87. The van der Waals surface area contributed by atoms with Gasteiger partial charge < -0.3 is 0 Å². The van der Waals surface area contributed by atoms with Gasteiger partial charge in [0.05, 0.1) is 27.6 Å². The number of halogens is 2. The lowest BCUT2D eigenvalue weighted by atomic mass is 9.86. The minimum absolute atomic E-state index is 0.104. The largest absolute Gasteiger partial charge is 0.282 e. The maximum absolute atomic E-state index is 13.1. The summed E-state index contributed by atoms with van der Waals surface area (Å²) in [5.41, 5.74) is 4.05. The molecule has 1 aliphatic heterocycles. The van der Waals surface area contributed by atoms with E-state index in [9.17, 15) is 4.39 Å². The third-order valence-electron chi connectivity index (χ3n) is 4.05. The fourth-order valence-electron chi connectivity index (χ4n) is 2.68. The van der Waals surface area contributed by atoms with E-state index < -0.39 is 0 Å². The van der Waals surface area contributed by atoms with E-state index in [1.54, 1.807) is 12.1 Å². The summed E-state index contributed by atoms with van der Waals surface area (Å²) in [4.78, 5) is 4.87. The molecule has 1 atom stereocenters. The summed E-state index contributed by atoms with van der Waals surface area (Å²) in [5, 5.41) is 4.77. The lowest BCUT2D eigenvalue weighted by Gasteiger charge is -2.31. The molecule has 2 heterocycles. The van der Waals surface area contributed by atoms with Crippen molar-refractivity contribution in [2.24, 2.45) is 10.4 Å². The van der Waals surface area contributed by atoms with E-state index in [1.165, 1.54) is 12.1 Å². The van der Waals surface area contributed by atoms with Gasteiger partial charge in [-0.2, -0.15) is 5.10 Å². The van der Waals surface area contributed by atoms with Crippen LogP contribution in [0.2, 0.25) is 0 Å². The van der Waals surface area contributed by atoms with Gasteiger partial charge in [0.1, 0.15) is 11.5 Å². The van der Waals surface area contributed by atoms with Gasteiger partial charge in [0, 0.05) is 5.56 Å².